The molecule has 0 saturated heterocycles. The summed E-state index contributed by atoms with van der Waals surface area (Å²) in [4.78, 5) is 30.7. The Morgan fingerprint density at radius 3 is 2.29 bits per heavy atom. The number of hydrogen-bond acceptors (Lipinski definition) is 7. The van der Waals surface area contributed by atoms with Crippen LogP contribution in [0.15, 0.2) is 84.1 Å². The van der Waals surface area contributed by atoms with Gasteiger partial charge in [-0.05, 0) is 55.2 Å². The molecule has 0 aliphatic rings. The molecule has 8 nitrogen and oxygen atoms in total. The van der Waals surface area contributed by atoms with E-state index in [0.29, 0.717) is 31.7 Å². The maximum absolute atomic E-state index is 13.2. The van der Waals surface area contributed by atoms with E-state index in [1.165, 1.54) is 12.4 Å². The van der Waals surface area contributed by atoms with Gasteiger partial charge in [-0.15, -0.1) is 11.8 Å². The summed E-state index contributed by atoms with van der Waals surface area (Å²) in [6.07, 6.45) is 5.99. The number of benzene rings is 2. The Labute approximate surface area is 268 Å². The lowest BCUT2D eigenvalue weighted by molar-refractivity contribution is -0.151. The second kappa shape index (κ2) is 13.3. The molecule has 3 heterocycles. The highest BCUT2D eigenvalue weighted by Crippen LogP contribution is 2.50. The van der Waals surface area contributed by atoms with Crippen LogP contribution in [0.2, 0.25) is 0 Å². The molecular weight excluding hydrogens is 584 g/mol. The zero-order valence-corrected chi connectivity index (χ0v) is 27.2. The van der Waals surface area contributed by atoms with E-state index in [0.717, 1.165) is 44.1 Å². The molecule has 45 heavy (non-hydrogen) atoms. The van der Waals surface area contributed by atoms with Gasteiger partial charge in [-0.25, -0.2) is 9.97 Å². The number of pyridine rings is 1. The van der Waals surface area contributed by atoms with Gasteiger partial charge in [-0.2, -0.15) is 0 Å². The Kier molecular flexibility index (Phi) is 9.48. The average molecular weight is 625 g/mol. The van der Waals surface area contributed by atoms with Crippen molar-refractivity contribution in [1.82, 2.24) is 19.9 Å². The number of fused-ring (bicyclic) bond motifs is 1. The molecular formula is C36H40N4O4S. The second-order valence-electron chi connectivity index (χ2n) is 12.3. The van der Waals surface area contributed by atoms with E-state index in [9.17, 15) is 15.0 Å². The summed E-state index contributed by atoms with van der Waals surface area (Å²) in [5.74, 6) is 0.121. The first-order chi connectivity index (χ1) is 21.5. The molecule has 0 aliphatic carbocycles. The molecule has 0 saturated carbocycles. The summed E-state index contributed by atoms with van der Waals surface area (Å²) in [6.45, 7) is 10.8. The third kappa shape index (κ3) is 7.14. The van der Waals surface area contributed by atoms with Crippen LogP contribution in [0.25, 0.3) is 22.3 Å². The third-order valence-electron chi connectivity index (χ3n) is 8.26. The summed E-state index contributed by atoms with van der Waals surface area (Å²) in [6, 6.07) is 19.7. The van der Waals surface area contributed by atoms with E-state index >= 15 is 0 Å². The lowest BCUT2D eigenvalue weighted by Crippen LogP contribution is -2.38. The lowest BCUT2D eigenvalue weighted by Gasteiger charge is -2.36. The molecule has 234 valence electrons. The third-order valence-corrected chi connectivity index (χ3v) is 9.52. The number of carboxylic acids is 1. The maximum Gasteiger partial charge on any atom is 0.310 e. The highest BCUT2D eigenvalue weighted by atomic mass is 32.2. The number of aliphatic carboxylic acids is 1. The number of ether oxygens (including phenoxy) is 1. The number of aromatic hydroxyl groups is 1. The van der Waals surface area contributed by atoms with Crippen molar-refractivity contribution in [3.8, 4) is 22.9 Å². The quantitative estimate of drug-likeness (QED) is 0.118. The van der Waals surface area contributed by atoms with Crippen molar-refractivity contribution < 1.29 is 19.7 Å². The van der Waals surface area contributed by atoms with Gasteiger partial charge in [0.25, 0.3) is 0 Å². The highest BCUT2D eigenvalue weighted by Gasteiger charge is 2.45. The van der Waals surface area contributed by atoms with Gasteiger partial charge in [0.05, 0.1) is 23.5 Å². The van der Waals surface area contributed by atoms with E-state index in [4.69, 9.17) is 4.74 Å². The van der Waals surface area contributed by atoms with E-state index in [-0.39, 0.29) is 16.4 Å². The topological polar surface area (TPSA) is 121 Å². The lowest BCUT2D eigenvalue weighted by atomic mass is 9.67. The number of carbonyl (C=O) groups is 1. The van der Waals surface area contributed by atoms with Crippen LogP contribution in [0.3, 0.4) is 0 Å². The van der Waals surface area contributed by atoms with E-state index in [2.05, 4.69) is 46.8 Å². The molecule has 1 unspecified atom stereocenters. The Hall–Kier alpha value is -4.37. The number of H-pyrrole nitrogens is 1. The van der Waals surface area contributed by atoms with Gasteiger partial charge in [0, 0.05) is 43.9 Å². The van der Waals surface area contributed by atoms with Crippen LogP contribution in [-0.2, 0) is 17.8 Å². The first-order valence-corrected chi connectivity index (χ1v) is 16.1. The van der Waals surface area contributed by atoms with Gasteiger partial charge in [-0.3, -0.25) is 9.78 Å². The van der Waals surface area contributed by atoms with E-state index in [1.807, 2.05) is 68.4 Å². The SMILES string of the molecule is CCC(CC)(C(=O)O)C(Cc1ccc(-c2ncc(O)cn2)cc1)c1[nH]c2ccc(OCc3ccccn3)cc2c1SC(C)(C)C. The number of aromatic amines is 1. The molecule has 0 amide bonds. The summed E-state index contributed by atoms with van der Waals surface area (Å²) in [5.41, 5.74) is 3.56. The summed E-state index contributed by atoms with van der Waals surface area (Å²) < 4.78 is 6.02. The van der Waals surface area contributed by atoms with Gasteiger partial charge >= 0.3 is 5.97 Å². The van der Waals surface area contributed by atoms with E-state index in [1.54, 1.807) is 18.0 Å². The number of carboxylic acid groups (broad SMARTS) is 1. The molecule has 3 aromatic heterocycles. The molecule has 5 rings (SSSR count). The van der Waals surface area contributed by atoms with Gasteiger partial charge in [0.15, 0.2) is 11.6 Å². The minimum atomic E-state index is -0.995. The van der Waals surface area contributed by atoms with Crippen LogP contribution in [0.5, 0.6) is 11.5 Å². The summed E-state index contributed by atoms with van der Waals surface area (Å²) in [5, 5.41) is 21.4. The number of nitrogens with zero attached hydrogens (tertiary/aromatic N) is 3. The zero-order chi connectivity index (χ0) is 32.2. The number of hydrogen-bond donors (Lipinski definition) is 3. The van der Waals surface area contributed by atoms with Crippen LogP contribution in [0.4, 0.5) is 0 Å². The second-order valence-corrected chi connectivity index (χ2v) is 14.1. The highest BCUT2D eigenvalue weighted by molar-refractivity contribution is 8.00. The predicted molar refractivity (Wildman–Crippen MR) is 179 cm³/mol. The van der Waals surface area contributed by atoms with E-state index < -0.39 is 11.4 Å². The summed E-state index contributed by atoms with van der Waals surface area (Å²) >= 11 is 1.75. The van der Waals surface area contributed by atoms with Crippen LogP contribution in [0.1, 0.15) is 70.3 Å². The minimum Gasteiger partial charge on any atom is -0.505 e. The Morgan fingerprint density at radius 1 is 0.978 bits per heavy atom. The molecule has 0 radical (unpaired) electrons. The average Bonchev–Trinajstić information content (AvgIpc) is 3.37. The number of nitrogens with one attached hydrogen (secondary N) is 1. The van der Waals surface area contributed by atoms with Crippen molar-refractivity contribution in [2.45, 2.75) is 76.0 Å². The molecule has 2 aromatic carbocycles. The minimum absolute atomic E-state index is 0.0107. The Balaban J connectivity index is 1.59. The van der Waals surface area contributed by atoms with Gasteiger partial charge in [0.1, 0.15) is 12.4 Å². The van der Waals surface area contributed by atoms with Crippen molar-refractivity contribution in [3.05, 3.63) is 96.2 Å². The molecule has 3 N–H and O–H groups in total. The van der Waals surface area contributed by atoms with Gasteiger partial charge in [-0.1, -0.05) is 65.0 Å². The monoisotopic (exact) mass is 624 g/mol. The van der Waals surface area contributed by atoms with Crippen LogP contribution in [-0.4, -0.2) is 40.9 Å². The fraction of sp³-hybridized carbons (Fsp3) is 0.333. The summed E-state index contributed by atoms with van der Waals surface area (Å²) in [7, 11) is 0. The molecule has 9 heteroatoms. The van der Waals surface area contributed by atoms with Crippen LogP contribution < -0.4 is 4.74 Å². The first-order valence-electron chi connectivity index (χ1n) is 15.2. The standard InChI is InChI=1S/C36H40N4O4S/c1-6-36(7-2,34(42)43)29(18-23-11-13-24(14-12-23)33-38-20-26(41)21-39-33)31-32(45-35(3,4)5)28-19-27(15-16-30(28)40-31)44-22-25-10-8-9-17-37-25/h8-17,19-21,29,40-41H,6-7,18,22H2,1-5H3,(H,42,43). The van der Waals surface area contributed by atoms with Gasteiger partial charge in [0.2, 0.25) is 0 Å². The maximum atomic E-state index is 13.2. The van der Waals surface area contributed by atoms with Crippen molar-refractivity contribution in [2.75, 3.05) is 0 Å². The van der Waals surface area contributed by atoms with Crippen molar-refractivity contribution in [3.63, 3.8) is 0 Å². The molecule has 0 aliphatic heterocycles. The van der Waals surface area contributed by atoms with Gasteiger partial charge < -0.3 is 19.9 Å². The molecule has 0 fully saturated rings. The fourth-order valence-corrected chi connectivity index (χ4v) is 7.02. The Bertz CT molecular complexity index is 1740. The Morgan fingerprint density at radius 2 is 1.69 bits per heavy atom. The first kappa shape index (κ1) is 32.0. The number of rotatable bonds is 12. The fourth-order valence-electron chi connectivity index (χ4n) is 5.82. The zero-order valence-electron chi connectivity index (χ0n) is 26.4. The van der Waals surface area contributed by atoms with Crippen LogP contribution >= 0.6 is 11.8 Å². The largest absolute Gasteiger partial charge is 0.505 e. The number of aromatic nitrogens is 4. The molecule has 0 spiro atoms. The number of thioether (sulfide) groups is 1. The smallest absolute Gasteiger partial charge is 0.310 e. The molecule has 5 aromatic rings. The normalized spacial score (nSPS) is 12.7. The van der Waals surface area contributed by atoms with Crippen molar-refractivity contribution >= 4 is 28.6 Å². The molecule has 1 atom stereocenters. The predicted octanol–water partition coefficient (Wildman–Crippen LogP) is 8.41. The molecule has 0 bridgehead atoms. The van der Waals surface area contributed by atoms with Crippen molar-refractivity contribution in [2.24, 2.45) is 5.41 Å². The van der Waals surface area contributed by atoms with Crippen LogP contribution in [0, 0.1) is 5.41 Å². The van der Waals surface area contributed by atoms with Crippen molar-refractivity contribution in [1.29, 1.82) is 0 Å².